The molecule has 0 radical (unpaired) electrons. The van der Waals surface area contributed by atoms with E-state index in [1.165, 1.54) is 0 Å². The van der Waals surface area contributed by atoms with Crippen LogP contribution in [0.15, 0.2) is 30.3 Å². The lowest BCUT2D eigenvalue weighted by Gasteiger charge is -2.12. The highest BCUT2D eigenvalue weighted by Gasteiger charge is 2.21. The predicted molar refractivity (Wildman–Crippen MR) is 76.3 cm³/mol. The molecule has 0 aliphatic rings. The van der Waals surface area contributed by atoms with E-state index in [9.17, 15) is 18.9 Å². The van der Waals surface area contributed by atoms with Gasteiger partial charge in [0.25, 0.3) is 5.69 Å². The van der Waals surface area contributed by atoms with Crippen molar-refractivity contribution in [2.24, 2.45) is 0 Å². The smallest absolute Gasteiger partial charge is 0.295 e. The molecule has 0 aliphatic carbocycles. The molecule has 0 spiro atoms. The molecular formula is C15H14F2N2O2. The highest BCUT2D eigenvalue weighted by Crippen LogP contribution is 2.30. The van der Waals surface area contributed by atoms with Crippen LogP contribution in [0, 0.1) is 35.6 Å². The maximum atomic E-state index is 13.8. The average molecular weight is 292 g/mol. The molecule has 0 unspecified atom stereocenters. The number of benzene rings is 2. The third-order valence-corrected chi connectivity index (χ3v) is 3.36. The number of aryl methyl sites for hydroxylation is 2. The van der Waals surface area contributed by atoms with Crippen molar-refractivity contribution in [1.82, 2.24) is 0 Å². The van der Waals surface area contributed by atoms with Gasteiger partial charge in [-0.2, -0.15) is 0 Å². The SMILES string of the molecule is Cc1cccc(C)c1CNc1c([N+](=O)[O-])ccc(F)c1F. The lowest BCUT2D eigenvalue weighted by molar-refractivity contribution is -0.384. The van der Waals surface area contributed by atoms with Crippen molar-refractivity contribution < 1.29 is 13.7 Å². The number of nitro benzene ring substituents is 1. The summed E-state index contributed by atoms with van der Waals surface area (Å²) in [6.45, 7) is 3.96. The van der Waals surface area contributed by atoms with E-state index in [1.54, 1.807) is 0 Å². The third kappa shape index (κ3) is 2.99. The van der Waals surface area contributed by atoms with Gasteiger partial charge in [0, 0.05) is 12.6 Å². The highest BCUT2D eigenvalue weighted by molar-refractivity contribution is 5.62. The van der Waals surface area contributed by atoms with Gasteiger partial charge in [0.2, 0.25) is 0 Å². The molecule has 0 atom stereocenters. The number of hydrogen-bond acceptors (Lipinski definition) is 3. The first-order chi connectivity index (χ1) is 9.91. The maximum Gasteiger partial charge on any atom is 0.295 e. The first-order valence-electron chi connectivity index (χ1n) is 6.33. The van der Waals surface area contributed by atoms with Gasteiger partial charge in [0.15, 0.2) is 17.3 Å². The van der Waals surface area contributed by atoms with Crippen molar-refractivity contribution in [2.75, 3.05) is 5.32 Å². The van der Waals surface area contributed by atoms with Crippen molar-refractivity contribution in [1.29, 1.82) is 0 Å². The Bertz CT molecular complexity index is 682. The normalized spacial score (nSPS) is 10.5. The zero-order valence-corrected chi connectivity index (χ0v) is 11.6. The Morgan fingerprint density at radius 1 is 1.14 bits per heavy atom. The fourth-order valence-electron chi connectivity index (χ4n) is 2.17. The van der Waals surface area contributed by atoms with E-state index in [0.717, 1.165) is 28.8 Å². The summed E-state index contributed by atoms with van der Waals surface area (Å²) in [6.07, 6.45) is 0. The van der Waals surface area contributed by atoms with Crippen LogP contribution >= 0.6 is 0 Å². The summed E-state index contributed by atoms with van der Waals surface area (Å²) in [6, 6.07) is 7.36. The second-order valence-corrected chi connectivity index (χ2v) is 4.74. The van der Waals surface area contributed by atoms with Crippen LogP contribution in [0.1, 0.15) is 16.7 Å². The number of nitrogens with one attached hydrogen (secondary N) is 1. The van der Waals surface area contributed by atoms with Crippen molar-refractivity contribution in [2.45, 2.75) is 20.4 Å². The van der Waals surface area contributed by atoms with Crippen molar-refractivity contribution in [3.8, 4) is 0 Å². The number of halogens is 2. The Morgan fingerprint density at radius 2 is 1.76 bits per heavy atom. The molecule has 2 aromatic rings. The molecule has 0 saturated carbocycles. The van der Waals surface area contributed by atoms with Gasteiger partial charge in [-0.1, -0.05) is 18.2 Å². The van der Waals surface area contributed by atoms with Gasteiger partial charge in [0.1, 0.15) is 0 Å². The van der Waals surface area contributed by atoms with Crippen LogP contribution in [0.3, 0.4) is 0 Å². The molecule has 0 amide bonds. The summed E-state index contributed by atoms with van der Waals surface area (Å²) in [4.78, 5) is 10.2. The Hall–Kier alpha value is -2.50. The number of rotatable bonds is 4. The minimum absolute atomic E-state index is 0.180. The van der Waals surface area contributed by atoms with E-state index in [1.807, 2.05) is 32.0 Å². The van der Waals surface area contributed by atoms with Crippen LogP contribution < -0.4 is 5.32 Å². The monoisotopic (exact) mass is 292 g/mol. The molecule has 2 rings (SSSR count). The van der Waals surface area contributed by atoms with Gasteiger partial charge in [-0.05, 0) is 36.6 Å². The number of hydrogen-bond donors (Lipinski definition) is 1. The molecule has 0 fully saturated rings. The summed E-state index contributed by atoms with van der Waals surface area (Å²) >= 11 is 0. The molecule has 0 heterocycles. The lowest BCUT2D eigenvalue weighted by Crippen LogP contribution is -2.08. The second kappa shape index (κ2) is 5.87. The van der Waals surface area contributed by atoms with Gasteiger partial charge in [-0.25, -0.2) is 8.78 Å². The van der Waals surface area contributed by atoms with Gasteiger partial charge in [-0.3, -0.25) is 10.1 Å². The molecule has 0 aromatic heterocycles. The van der Waals surface area contributed by atoms with E-state index in [4.69, 9.17) is 0 Å². The lowest BCUT2D eigenvalue weighted by atomic mass is 10.0. The Morgan fingerprint density at radius 3 is 2.33 bits per heavy atom. The van der Waals surface area contributed by atoms with Crippen LogP contribution in [0.2, 0.25) is 0 Å². The number of nitrogens with zero attached hydrogens (tertiary/aromatic N) is 1. The summed E-state index contributed by atoms with van der Waals surface area (Å²) in [5.41, 5.74) is 1.93. The summed E-state index contributed by atoms with van der Waals surface area (Å²) < 4.78 is 27.1. The Labute approximate surface area is 120 Å². The molecule has 0 aliphatic heterocycles. The third-order valence-electron chi connectivity index (χ3n) is 3.36. The number of anilines is 1. The van der Waals surface area contributed by atoms with Gasteiger partial charge in [0.05, 0.1) is 4.92 Å². The molecule has 21 heavy (non-hydrogen) atoms. The van der Waals surface area contributed by atoms with E-state index in [0.29, 0.717) is 0 Å². The highest BCUT2D eigenvalue weighted by atomic mass is 19.2. The van der Waals surface area contributed by atoms with Crippen LogP contribution in [0.4, 0.5) is 20.2 Å². The zero-order chi connectivity index (χ0) is 15.6. The molecule has 2 aromatic carbocycles. The summed E-state index contributed by atoms with van der Waals surface area (Å²) in [5, 5.41) is 13.6. The fourth-order valence-corrected chi connectivity index (χ4v) is 2.17. The van der Waals surface area contributed by atoms with Crippen molar-refractivity contribution in [3.63, 3.8) is 0 Å². The minimum atomic E-state index is -1.24. The van der Waals surface area contributed by atoms with E-state index in [2.05, 4.69) is 5.32 Å². The summed E-state index contributed by atoms with van der Waals surface area (Å²) in [5.74, 6) is -2.36. The Kier molecular flexibility index (Phi) is 4.16. The molecular weight excluding hydrogens is 278 g/mol. The van der Waals surface area contributed by atoms with Crippen molar-refractivity contribution in [3.05, 3.63) is 68.8 Å². The quantitative estimate of drug-likeness (QED) is 0.681. The molecule has 0 bridgehead atoms. The maximum absolute atomic E-state index is 13.8. The zero-order valence-electron chi connectivity index (χ0n) is 11.6. The second-order valence-electron chi connectivity index (χ2n) is 4.74. The first-order valence-corrected chi connectivity index (χ1v) is 6.33. The topological polar surface area (TPSA) is 55.2 Å². The van der Waals surface area contributed by atoms with Crippen LogP contribution in [-0.4, -0.2) is 4.92 Å². The van der Waals surface area contributed by atoms with Crippen molar-refractivity contribution >= 4 is 11.4 Å². The summed E-state index contributed by atoms with van der Waals surface area (Å²) in [7, 11) is 0. The van der Waals surface area contributed by atoms with Gasteiger partial charge >= 0.3 is 0 Å². The average Bonchev–Trinajstić information content (AvgIpc) is 2.42. The number of nitro groups is 1. The van der Waals surface area contributed by atoms with Crippen LogP contribution in [0.25, 0.3) is 0 Å². The van der Waals surface area contributed by atoms with Crippen LogP contribution in [0.5, 0.6) is 0 Å². The first kappa shape index (κ1) is 14.9. The molecule has 1 N–H and O–H groups in total. The van der Waals surface area contributed by atoms with E-state index in [-0.39, 0.29) is 6.54 Å². The standard InChI is InChI=1S/C15H14F2N2O2/c1-9-4-3-5-10(2)11(9)8-18-15-13(19(20)21)7-6-12(16)14(15)17/h3-7,18H,8H2,1-2H3. The van der Waals surface area contributed by atoms with E-state index >= 15 is 0 Å². The molecule has 4 nitrogen and oxygen atoms in total. The largest absolute Gasteiger partial charge is 0.373 e. The predicted octanol–water partition coefficient (Wildman–Crippen LogP) is 4.10. The Balaban J connectivity index is 2.36. The van der Waals surface area contributed by atoms with Crippen LogP contribution in [-0.2, 0) is 6.54 Å². The van der Waals surface area contributed by atoms with Gasteiger partial charge in [-0.15, -0.1) is 0 Å². The minimum Gasteiger partial charge on any atom is -0.373 e. The van der Waals surface area contributed by atoms with E-state index < -0.39 is 27.9 Å². The molecule has 6 heteroatoms. The molecule has 110 valence electrons. The van der Waals surface area contributed by atoms with Gasteiger partial charge < -0.3 is 5.32 Å². The fraction of sp³-hybridized carbons (Fsp3) is 0.200. The molecule has 0 saturated heterocycles.